The number of carbonyl (C=O) groups excluding carboxylic acids is 1. The van der Waals surface area contributed by atoms with Gasteiger partial charge in [-0.05, 0) is 48.9 Å². The van der Waals surface area contributed by atoms with Crippen molar-refractivity contribution in [2.45, 2.75) is 57.9 Å². The Balaban J connectivity index is 1.74. The van der Waals surface area contributed by atoms with Crippen LogP contribution in [0.5, 0.6) is 0 Å². The van der Waals surface area contributed by atoms with Crippen molar-refractivity contribution in [1.82, 2.24) is 10.1 Å². The second-order valence-electron chi connectivity index (χ2n) is 6.92. The van der Waals surface area contributed by atoms with Crippen molar-refractivity contribution in [3.8, 4) is 0 Å². The summed E-state index contributed by atoms with van der Waals surface area (Å²) in [7, 11) is -3.23. The number of amides is 1. The number of nitrogens with zero attached hydrogens (tertiary/aromatic N) is 1. The van der Waals surface area contributed by atoms with Crippen molar-refractivity contribution in [3.05, 3.63) is 33.8 Å². The predicted octanol–water partition coefficient (Wildman–Crippen LogP) is 2.53. The summed E-state index contributed by atoms with van der Waals surface area (Å²) in [5.41, 5.74) is 6.40. The SMILES string of the molecule is CCCCS(=O)(=O)NC1CCc2cc(C3=NNC(=O)CC3)c(Cl)cc2C1. The first-order valence-electron chi connectivity index (χ1n) is 9.05. The van der Waals surface area contributed by atoms with Crippen molar-refractivity contribution < 1.29 is 13.2 Å². The first-order chi connectivity index (χ1) is 12.4. The van der Waals surface area contributed by atoms with Crippen LogP contribution < -0.4 is 10.1 Å². The molecule has 1 amide bonds. The highest BCUT2D eigenvalue weighted by Crippen LogP contribution is 2.29. The lowest BCUT2D eigenvalue weighted by Gasteiger charge is -2.26. The van der Waals surface area contributed by atoms with Crippen LogP contribution in [0.2, 0.25) is 5.02 Å². The van der Waals surface area contributed by atoms with Crippen molar-refractivity contribution in [2.24, 2.45) is 5.10 Å². The van der Waals surface area contributed by atoms with Crippen LogP contribution in [0, 0.1) is 0 Å². The number of nitrogens with one attached hydrogen (secondary N) is 2. The minimum absolute atomic E-state index is 0.0824. The molecule has 6 nitrogen and oxygen atoms in total. The molecule has 0 spiro atoms. The maximum Gasteiger partial charge on any atom is 0.240 e. The van der Waals surface area contributed by atoms with E-state index >= 15 is 0 Å². The lowest BCUT2D eigenvalue weighted by molar-refractivity contribution is -0.121. The van der Waals surface area contributed by atoms with E-state index in [2.05, 4.69) is 15.2 Å². The molecule has 1 aliphatic carbocycles. The number of fused-ring (bicyclic) bond motifs is 1. The molecule has 1 heterocycles. The molecule has 0 fully saturated rings. The van der Waals surface area contributed by atoms with E-state index in [0.717, 1.165) is 36.1 Å². The lowest BCUT2D eigenvalue weighted by Crippen LogP contribution is -2.40. The Morgan fingerprint density at radius 2 is 2.08 bits per heavy atom. The minimum atomic E-state index is -3.23. The average Bonchev–Trinajstić information content (AvgIpc) is 2.60. The third-order valence-corrected chi connectivity index (χ3v) is 6.68. The monoisotopic (exact) mass is 397 g/mol. The molecule has 1 aromatic rings. The van der Waals surface area contributed by atoms with Gasteiger partial charge in [-0.3, -0.25) is 4.79 Å². The summed E-state index contributed by atoms with van der Waals surface area (Å²) in [6.45, 7) is 1.98. The number of hydrogen-bond acceptors (Lipinski definition) is 4. The zero-order valence-corrected chi connectivity index (χ0v) is 16.4. The van der Waals surface area contributed by atoms with Crippen molar-refractivity contribution in [3.63, 3.8) is 0 Å². The van der Waals surface area contributed by atoms with Crippen LogP contribution >= 0.6 is 11.6 Å². The second-order valence-corrected chi connectivity index (χ2v) is 9.20. The lowest BCUT2D eigenvalue weighted by atomic mass is 9.86. The summed E-state index contributed by atoms with van der Waals surface area (Å²) in [6, 6.07) is 3.87. The van der Waals surface area contributed by atoms with E-state index in [1.54, 1.807) is 0 Å². The first-order valence-corrected chi connectivity index (χ1v) is 11.1. The highest BCUT2D eigenvalue weighted by Gasteiger charge is 2.25. The van der Waals surface area contributed by atoms with Crippen LogP contribution in [0.25, 0.3) is 0 Å². The van der Waals surface area contributed by atoms with Crippen LogP contribution in [-0.2, 0) is 27.7 Å². The third kappa shape index (κ3) is 4.64. The molecule has 0 radical (unpaired) electrons. The summed E-state index contributed by atoms with van der Waals surface area (Å²) in [4.78, 5) is 11.3. The molecule has 8 heteroatoms. The third-order valence-electron chi connectivity index (χ3n) is 4.85. The summed E-state index contributed by atoms with van der Waals surface area (Å²) >= 11 is 6.45. The molecule has 0 aromatic heterocycles. The van der Waals surface area contributed by atoms with Gasteiger partial charge in [-0.15, -0.1) is 0 Å². The fourth-order valence-corrected chi connectivity index (χ4v) is 5.21. The Labute approximate surface area is 159 Å². The van der Waals surface area contributed by atoms with Crippen LogP contribution in [0.15, 0.2) is 17.2 Å². The maximum atomic E-state index is 12.1. The smallest absolute Gasteiger partial charge is 0.240 e. The Hall–Kier alpha value is -1.44. The van der Waals surface area contributed by atoms with Gasteiger partial charge in [0.05, 0.1) is 11.5 Å². The molecule has 3 rings (SSSR count). The van der Waals surface area contributed by atoms with Gasteiger partial charge < -0.3 is 0 Å². The van der Waals surface area contributed by atoms with Gasteiger partial charge in [0.15, 0.2) is 0 Å². The number of unbranched alkanes of at least 4 members (excludes halogenated alkanes) is 1. The Morgan fingerprint density at radius 1 is 1.27 bits per heavy atom. The number of rotatable bonds is 6. The van der Waals surface area contributed by atoms with Gasteiger partial charge in [-0.1, -0.05) is 24.9 Å². The van der Waals surface area contributed by atoms with Crippen molar-refractivity contribution in [2.75, 3.05) is 5.75 Å². The first kappa shape index (κ1) is 19.3. The number of benzene rings is 1. The van der Waals surface area contributed by atoms with Gasteiger partial charge in [-0.2, -0.15) is 5.10 Å². The normalized spacial score (nSPS) is 20.3. The zero-order chi connectivity index (χ0) is 18.7. The molecule has 0 saturated carbocycles. The molecule has 0 bridgehead atoms. The molecule has 26 heavy (non-hydrogen) atoms. The largest absolute Gasteiger partial charge is 0.273 e. The summed E-state index contributed by atoms with van der Waals surface area (Å²) in [5.74, 6) is 0.0963. The molecule has 2 N–H and O–H groups in total. The minimum Gasteiger partial charge on any atom is -0.273 e. The van der Waals surface area contributed by atoms with E-state index in [1.165, 1.54) is 5.56 Å². The highest BCUT2D eigenvalue weighted by molar-refractivity contribution is 7.89. The molecule has 2 aliphatic rings. The fraction of sp³-hybridized carbons (Fsp3) is 0.556. The van der Waals surface area contributed by atoms with Crippen molar-refractivity contribution >= 4 is 33.2 Å². The van der Waals surface area contributed by atoms with Crippen LogP contribution in [0.4, 0.5) is 0 Å². The second kappa shape index (κ2) is 8.06. The maximum absolute atomic E-state index is 12.1. The van der Waals surface area contributed by atoms with Crippen LogP contribution in [-0.4, -0.2) is 31.8 Å². The van der Waals surface area contributed by atoms with E-state index in [4.69, 9.17) is 11.6 Å². The summed E-state index contributed by atoms with van der Waals surface area (Å²) in [6.07, 6.45) is 4.72. The molecular formula is C18H24ClN3O3S. The van der Waals surface area contributed by atoms with Crippen LogP contribution in [0.1, 0.15) is 55.7 Å². The quantitative estimate of drug-likeness (QED) is 0.773. The number of sulfonamides is 1. The van der Waals surface area contributed by atoms with Gasteiger partial charge in [0.25, 0.3) is 0 Å². The van der Waals surface area contributed by atoms with E-state index in [-0.39, 0.29) is 17.7 Å². The van der Waals surface area contributed by atoms with Gasteiger partial charge in [0, 0.05) is 29.5 Å². The number of halogens is 1. The molecule has 1 aliphatic heterocycles. The molecule has 1 atom stereocenters. The Kier molecular flexibility index (Phi) is 5.99. The number of aryl methyl sites for hydroxylation is 1. The Morgan fingerprint density at radius 3 is 2.77 bits per heavy atom. The topological polar surface area (TPSA) is 87.6 Å². The molecule has 1 unspecified atom stereocenters. The van der Waals surface area contributed by atoms with Crippen LogP contribution in [0.3, 0.4) is 0 Å². The van der Waals surface area contributed by atoms with Gasteiger partial charge in [0.1, 0.15) is 0 Å². The average molecular weight is 398 g/mol. The number of carbonyl (C=O) groups is 1. The standard InChI is InChI=1S/C18H24ClN3O3S/c1-2-3-8-26(24,25)22-14-5-4-12-10-15(16(19)11-13(12)9-14)17-6-7-18(23)21-20-17/h10-11,14,22H,2-9H2,1H3,(H,21,23). The predicted molar refractivity (Wildman–Crippen MR) is 103 cm³/mol. The summed E-state index contributed by atoms with van der Waals surface area (Å²) < 4.78 is 27.1. The molecule has 142 valence electrons. The van der Waals surface area contributed by atoms with E-state index in [1.807, 2.05) is 19.1 Å². The molecule has 0 saturated heterocycles. The Bertz CT molecular complexity index is 836. The molecular weight excluding hydrogens is 374 g/mol. The fourth-order valence-electron chi connectivity index (χ4n) is 3.42. The van der Waals surface area contributed by atoms with Gasteiger partial charge >= 0.3 is 0 Å². The van der Waals surface area contributed by atoms with Gasteiger partial charge in [0.2, 0.25) is 15.9 Å². The number of hydrazone groups is 1. The van der Waals surface area contributed by atoms with Crippen molar-refractivity contribution in [1.29, 1.82) is 0 Å². The van der Waals surface area contributed by atoms with E-state index in [9.17, 15) is 13.2 Å². The summed E-state index contributed by atoms with van der Waals surface area (Å²) in [5, 5.41) is 4.71. The molecule has 1 aromatic carbocycles. The zero-order valence-electron chi connectivity index (χ0n) is 14.8. The highest BCUT2D eigenvalue weighted by atomic mass is 35.5. The van der Waals surface area contributed by atoms with E-state index in [0.29, 0.717) is 30.7 Å². The van der Waals surface area contributed by atoms with E-state index < -0.39 is 10.0 Å². The van der Waals surface area contributed by atoms with Gasteiger partial charge in [-0.25, -0.2) is 18.6 Å². The number of hydrogen-bond donors (Lipinski definition) is 2.